The number of aryl methyl sites for hydroxylation is 1. The van der Waals surface area contributed by atoms with Gasteiger partial charge in [-0.15, -0.1) is 0 Å². The number of anilines is 3. The first-order chi connectivity index (χ1) is 18.4. The van der Waals surface area contributed by atoms with Gasteiger partial charge in [0.2, 0.25) is 0 Å². The van der Waals surface area contributed by atoms with E-state index in [0.29, 0.717) is 38.6 Å². The van der Waals surface area contributed by atoms with E-state index in [1.165, 1.54) is 0 Å². The van der Waals surface area contributed by atoms with Gasteiger partial charge in [0.15, 0.2) is 0 Å². The number of benzene rings is 4. The van der Waals surface area contributed by atoms with Crippen LogP contribution in [0.15, 0.2) is 97.1 Å². The van der Waals surface area contributed by atoms with Crippen LogP contribution in [0.5, 0.6) is 11.5 Å². The van der Waals surface area contributed by atoms with E-state index in [9.17, 15) is 9.59 Å². The molecule has 0 unspecified atom stereocenters. The van der Waals surface area contributed by atoms with Gasteiger partial charge in [0.25, 0.3) is 0 Å². The molecular weight excluding hydrogens is 523 g/mol. The number of hydrogen-bond acceptors (Lipinski definition) is 3. The molecule has 0 saturated carbocycles. The normalized spacial score (nSPS) is 10.4. The standard InChI is InChI=1S/C29H26Cl2N4O3/c1-20-7-10-22(11-8-20)33-29(37)35(18-17-32-28(36)34-27-16-9-21(30)19-26(27)31)23-12-14-25(15-13-23)38-24-5-3-2-4-6-24/h2-16,19H,17-18H2,1H3,(H,33,37)(H2,32,34,36). The Morgan fingerprint density at radius 1 is 0.816 bits per heavy atom. The summed E-state index contributed by atoms with van der Waals surface area (Å²) in [5, 5.41) is 9.14. The summed E-state index contributed by atoms with van der Waals surface area (Å²) >= 11 is 12.0. The highest BCUT2D eigenvalue weighted by molar-refractivity contribution is 6.36. The maximum Gasteiger partial charge on any atom is 0.326 e. The molecule has 4 aromatic carbocycles. The van der Waals surface area contributed by atoms with Crippen molar-refractivity contribution in [2.24, 2.45) is 0 Å². The minimum atomic E-state index is -0.459. The van der Waals surface area contributed by atoms with Crippen LogP contribution in [0.25, 0.3) is 0 Å². The molecule has 4 aromatic rings. The highest BCUT2D eigenvalue weighted by atomic mass is 35.5. The number of rotatable bonds is 8. The average molecular weight is 549 g/mol. The summed E-state index contributed by atoms with van der Waals surface area (Å²) in [4.78, 5) is 27.2. The molecule has 7 nitrogen and oxygen atoms in total. The molecule has 0 saturated heterocycles. The molecule has 0 fully saturated rings. The largest absolute Gasteiger partial charge is 0.457 e. The van der Waals surface area contributed by atoms with Crippen molar-refractivity contribution in [1.29, 1.82) is 0 Å². The van der Waals surface area contributed by atoms with Crippen molar-refractivity contribution in [2.45, 2.75) is 6.92 Å². The van der Waals surface area contributed by atoms with Gasteiger partial charge in [-0.1, -0.05) is 59.1 Å². The van der Waals surface area contributed by atoms with Gasteiger partial charge < -0.3 is 20.7 Å². The zero-order valence-corrected chi connectivity index (χ0v) is 22.1. The fourth-order valence-corrected chi connectivity index (χ4v) is 3.99. The van der Waals surface area contributed by atoms with E-state index in [0.717, 1.165) is 5.56 Å². The predicted molar refractivity (Wildman–Crippen MR) is 154 cm³/mol. The number of amides is 4. The van der Waals surface area contributed by atoms with Crippen LogP contribution < -0.4 is 25.6 Å². The molecule has 4 amide bonds. The van der Waals surface area contributed by atoms with Gasteiger partial charge in [-0.2, -0.15) is 0 Å². The number of para-hydroxylation sites is 1. The number of nitrogens with zero attached hydrogens (tertiary/aromatic N) is 1. The number of carbonyl (C=O) groups excluding carboxylic acids is 2. The minimum absolute atomic E-state index is 0.181. The van der Waals surface area contributed by atoms with E-state index in [2.05, 4.69) is 16.0 Å². The maximum atomic E-state index is 13.2. The molecule has 0 spiro atoms. The number of carbonyl (C=O) groups is 2. The summed E-state index contributed by atoms with van der Waals surface area (Å²) in [7, 11) is 0. The lowest BCUT2D eigenvalue weighted by molar-refractivity contribution is 0.250. The Morgan fingerprint density at radius 2 is 1.50 bits per heavy atom. The molecule has 38 heavy (non-hydrogen) atoms. The number of ether oxygens (including phenoxy) is 1. The minimum Gasteiger partial charge on any atom is -0.457 e. The van der Waals surface area contributed by atoms with Gasteiger partial charge in [-0.3, -0.25) is 4.90 Å². The first kappa shape index (κ1) is 26.9. The van der Waals surface area contributed by atoms with Crippen LogP contribution in [-0.4, -0.2) is 25.2 Å². The van der Waals surface area contributed by atoms with Gasteiger partial charge >= 0.3 is 12.1 Å². The SMILES string of the molecule is Cc1ccc(NC(=O)N(CCNC(=O)Nc2ccc(Cl)cc2Cl)c2ccc(Oc3ccccc3)cc2)cc1. The third-order valence-electron chi connectivity index (χ3n) is 5.48. The monoisotopic (exact) mass is 548 g/mol. The maximum absolute atomic E-state index is 13.2. The van der Waals surface area contributed by atoms with Crippen molar-refractivity contribution < 1.29 is 14.3 Å². The summed E-state index contributed by atoms with van der Waals surface area (Å²) < 4.78 is 5.86. The lowest BCUT2D eigenvalue weighted by Crippen LogP contribution is -2.42. The third-order valence-corrected chi connectivity index (χ3v) is 6.02. The van der Waals surface area contributed by atoms with E-state index in [4.69, 9.17) is 27.9 Å². The van der Waals surface area contributed by atoms with Crippen molar-refractivity contribution in [1.82, 2.24) is 5.32 Å². The van der Waals surface area contributed by atoms with Crippen molar-refractivity contribution in [3.05, 3.63) is 113 Å². The molecular formula is C29H26Cl2N4O3. The van der Waals surface area contributed by atoms with E-state index in [1.807, 2.05) is 61.5 Å². The van der Waals surface area contributed by atoms with Crippen LogP contribution in [0.1, 0.15) is 5.56 Å². The van der Waals surface area contributed by atoms with Crippen LogP contribution in [0.2, 0.25) is 10.0 Å². The number of nitrogens with one attached hydrogen (secondary N) is 3. The predicted octanol–water partition coefficient (Wildman–Crippen LogP) is 7.95. The summed E-state index contributed by atoms with van der Waals surface area (Å²) in [5.41, 5.74) is 2.82. The second kappa shape index (κ2) is 12.9. The molecule has 0 radical (unpaired) electrons. The van der Waals surface area contributed by atoms with Crippen LogP contribution in [0, 0.1) is 6.92 Å². The van der Waals surface area contributed by atoms with Gasteiger partial charge in [0.05, 0.1) is 10.7 Å². The zero-order chi connectivity index (χ0) is 26.9. The van der Waals surface area contributed by atoms with Gasteiger partial charge in [-0.05, 0) is 73.7 Å². The van der Waals surface area contributed by atoms with Gasteiger partial charge in [0, 0.05) is 29.5 Å². The first-order valence-corrected chi connectivity index (χ1v) is 12.6. The number of urea groups is 2. The van der Waals surface area contributed by atoms with Crippen molar-refractivity contribution in [3.63, 3.8) is 0 Å². The van der Waals surface area contributed by atoms with Crippen LogP contribution in [0.3, 0.4) is 0 Å². The molecule has 0 aliphatic heterocycles. The lowest BCUT2D eigenvalue weighted by Gasteiger charge is -2.24. The second-order valence-corrected chi connectivity index (χ2v) is 9.21. The Morgan fingerprint density at radius 3 is 2.18 bits per heavy atom. The highest BCUT2D eigenvalue weighted by Gasteiger charge is 2.17. The van der Waals surface area contributed by atoms with Gasteiger partial charge in [-0.25, -0.2) is 9.59 Å². The fourth-order valence-electron chi connectivity index (χ4n) is 3.53. The zero-order valence-electron chi connectivity index (χ0n) is 20.6. The van der Waals surface area contributed by atoms with Crippen molar-refractivity contribution >= 4 is 52.3 Å². The lowest BCUT2D eigenvalue weighted by atomic mass is 10.2. The summed E-state index contributed by atoms with van der Waals surface area (Å²) in [6.07, 6.45) is 0. The molecule has 3 N–H and O–H groups in total. The van der Waals surface area contributed by atoms with E-state index in [1.54, 1.807) is 47.4 Å². The first-order valence-electron chi connectivity index (χ1n) is 11.9. The smallest absolute Gasteiger partial charge is 0.326 e. The Kier molecular flexibility index (Phi) is 9.08. The Bertz CT molecular complexity index is 1380. The fraction of sp³-hybridized carbons (Fsp3) is 0.103. The second-order valence-electron chi connectivity index (χ2n) is 8.36. The molecule has 0 heterocycles. The molecule has 0 atom stereocenters. The molecule has 0 aliphatic rings. The average Bonchev–Trinajstić information content (AvgIpc) is 2.91. The topological polar surface area (TPSA) is 82.7 Å². The Labute approximate surface area is 231 Å². The Balaban J connectivity index is 1.43. The van der Waals surface area contributed by atoms with Gasteiger partial charge in [0.1, 0.15) is 11.5 Å². The van der Waals surface area contributed by atoms with Crippen LogP contribution in [0.4, 0.5) is 26.7 Å². The molecule has 0 aromatic heterocycles. The number of halogens is 2. The summed E-state index contributed by atoms with van der Waals surface area (Å²) in [6.45, 7) is 2.36. The molecule has 9 heteroatoms. The molecule has 4 rings (SSSR count). The van der Waals surface area contributed by atoms with Crippen LogP contribution >= 0.6 is 23.2 Å². The van der Waals surface area contributed by atoms with Crippen LogP contribution in [-0.2, 0) is 0 Å². The molecule has 194 valence electrons. The van der Waals surface area contributed by atoms with Crippen molar-refractivity contribution in [3.8, 4) is 11.5 Å². The quantitative estimate of drug-likeness (QED) is 0.209. The third kappa shape index (κ3) is 7.65. The summed E-state index contributed by atoms with van der Waals surface area (Å²) in [5.74, 6) is 1.35. The Hall–Kier alpha value is -4.20. The molecule has 0 aliphatic carbocycles. The van der Waals surface area contributed by atoms with E-state index >= 15 is 0 Å². The number of hydrogen-bond donors (Lipinski definition) is 3. The van der Waals surface area contributed by atoms with Crippen molar-refractivity contribution in [2.75, 3.05) is 28.6 Å². The van der Waals surface area contributed by atoms with E-state index in [-0.39, 0.29) is 19.1 Å². The summed E-state index contributed by atoms with van der Waals surface area (Å²) in [6, 6.07) is 28.1. The highest BCUT2D eigenvalue weighted by Crippen LogP contribution is 2.26. The van der Waals surface area contributed by atoms with E-state index < -0.39 is 6.03 Å². The molecule has 0 bridgehead atoms.